The zero-order valence-electron chi connectivity index (χ0n) is 13.5. The van der Waals surface area contributed by atoms with Gasteiger partial charge in [0, 0.05) is 17.8 Å². The van der Waals surface area contributed by atoms with Gasteiger partial charge in [-0.05, 0) is 19.8 Å². The summed E-state index contributed by atoms with van der Waals surface area (Å²) < 4.78 is 0. The van der Waals surface area contributed by atoms with Crippen LogP contribution in [0.1, 0.15) is 39.3 Å². The first-order valence-electron chi connectivity index (χ1n) is 7.53. The van der Waals surface area contributed by atoms with Gasteiger partial charge in [0.05, 0.1) is 12.1 Å². The van der Waals surface area contributed by atoms with E-state index in [1.807, 2.05) is 0 Å². The second-order valence-corrected chi connectivity index (χ2v) is 7.05. The number of thiazole rings is 1. The summed E-state index contributed by atoms with van der Waals surface area (Å²) in [5.74, 6) is -1.51. The van der Waals surface area contributed by atoms with Crippen molar-refractivity contribution in [3.8, 4) is 0 Å². The van der Waals surface area contributed by atoms with Crippen LogP contribution in [0.5, 0.6) is 0 Å². The average molecular weight is 339 g/mol. The SMILES string of the molecule is CC(C)C(=O)Nc1nc(CC(=O)N2CCCC2(C)C(=O)O)cs1. The third-order valence-electron chi connectivity index (χ3n) is 4.04. The lowest BCUT2D eigenvalue weighted by molar-refractivity contribution is -0.155. The van der Waals surface area contributed by atoms with Crippen molar-refractivity contribution in [2.45, 2.75) is 45.6 Å². The van der Waals surface area contributed by atoms with Crippen molar-refractivity contribution >= 4 is 34.3 Å². The lowest BCUT2D eigenvalue weighted by Crippen LogP contribution is -2.51. The molecule has 1 atom stereocenters. The van der Waals surface area contributed by atoms with E-state index in [0.29, 0.717) is 30.2 Å². The van der Waals surface area contributed by atoms with E-state index in [-0.39, 0.29) is 24.2 Å². The van der Waals surface area contributed by atoms with Gasteiger partial charge in [-0.15, -0.1) is 11.3 Å². The molecule has 2 heterocycles. The van der Waals surface area contributed by atoms with Gasteiger partial charge in [-0.1, -0.05) is 13.8 Å². The number of carbonyl (C=O) groups is 3. The molecular weight excluding hydrogens is 318 g/mol. The van der Waals surface area contributed by atoms with Crippen LogP contribution in [0.2, 0.25) is 0 Å². The molecular formula is C15H21N3O4S. The van der Waals surface area contributed by atoms with E-state index in [4.69, 9.17) is 0 Å². The Kier molecular flexibility index (Phi) is 5.03. The van der Waals surface area contributed by atoms with E-state index in [1.54, 1.807) is 26.2 Å². The number of likely N-dealkylation sites (tertiary alicyclic amines) is 1. The van der Waals surface area contributed by atoms with E-state index < -0.39 is 11.5 Å². The van der Waals surface area contributed by atoms with Gasteiger partial charge in [0.2, 0.25) is 11.8 Å². The summed E-state index contributed by atoms with van der Waals surface area (Å²) in [6, 6.07) is 0. The van der Waals surface area contributed by atoms with Crippen molar-refractivity contribution in [3.05, 3.63) is 11.1 Å². The van der Waals surface area contributed by atoms with Gasteiger partial charge in [0.25, 0.3) is 0 Å². The van der Waals surface area contributed by atoms with E-state index >= 15 is 0 Å². The maximum Gasteiger partial charge on any atom is 0.329 e. The number of rotatable bonds is 5. The Morgan fingerprint density at radius 3 is 2.78 bits per heavy atom. The van der Waals surface area contributed by atoms with Crippen LogP contribution < -0.4 is 5.32 Å². The molecule has 23 heavy (non-hydrogen) atoms. The second-order valence-electron chi connectivity index (χ2n) is 6.19. The Bertz CT molecular complexity index is 628. The summed E-state index contributed by atoms with van der Waals surface area (Å²) in [7, 11) is 0. The molecule has 0 saturated carbocycles. The zero-order chi connectivity index (χ0) is 17.2. The van der Waals surface area contributed by atoms with Gasteiger partial charge in [0.15, 0.2) is 5.13 Å². The van der Waals surface area contributed by atoms with Gasteiger partial charge in [-0.3, -0.25) is 9.59 Å². The highest BCUT2D eigenvalue weighted by atomic mass is 32.1. The predicted octanol–water partition coefficient (Wildman–Crippen LogP) is 1.75. The molecule has 1 aliphatic rings. The van der Waals surface area contributed by atoms with Crippen LogP contribution in [-0.4, -0.2) is 44.9 Å². The van der Waals surface area contributed by atoms with Crippen LogP contribution in [0.4, 0.5) is 5.13 Å². The van der Waals surface area contributed by atoms with Crippen molar-refractivity contribution in [3.63, 3.8) is 0 Å². The number of aliphatic carboxylic acids is 1. The number of aromatic nitrogens is 1. The normalized spacial score (nSPS) is 20.8. The molecule has 8 heteroatoms. The summed E-state index contributed by atoms with van der Waals surface area (Å²) in [5, 5.41) is 14.2. The van der Waals surface area contributed by atoms with E-state index in [9.17, 15) is 19.5 Å². The Morgan fingerprint density at radius 2 is 2.17 bits per heavy atom. The molecule has 0 bridgehead atoms. The summed E-state index contributed by atoms with van der Waals surface area (Å²) in [6.45, 7) is 5.60. The minimum absolute atomic E-state index is 0.0386. The van der Waals surface area contributed by atoms with Gasteiger partial charge in [-0.2, -0.15) is 0 Å². The largest absolute Gasteiger partial charge is 0.480 e. The van der Waals surface area contributed by atoms with Crippen LogP contribution in [0.25, 0.3) is 0 Å². The Hall–Kier alpha value is -1.96. The average Bonchev–Trinajstić information content (AvgIpc) is 3.06. The lowest BCUT2D eigenvalue weighted by Gasteiger charge is -2.31. The Morgan fingerprint density at radius 1 is 1.48 bits per heavy atom. The molecule has 2 amide bonds. The highest BCUT2D eigenvalue weighted by molar-refractivity contribution is 7.13. The van der Waals surface area contributed by atoms with Gasteiger partial charge < -0.3 is 15.3 Å². The first-order valence-corrected chi connectivity index (χ1v) is 8.41. The molecule has 0 aliphatic carbocycles. The summed E-state index contributed by atoms with van der Waals surface area (Å²) in [4.78, 5) is 41.1. The maximum absolute atomic E-state index is 12.4. The predicted molar refractivity (Wildman–Crippen MR) is 86.3 cm³/mol. The molecule has 1 aromatic rings. The van der Waals surface area contributed by atoms with Crippen LogP contribution in [0.3, 0.4) is 0 Å². The Labute approximate surface area is 138 Å². The smallest absolute Gasteiger partial charge is 0.329 e. The van der Waals surface area contributed by atoms with Crippen molar-refractivity contribution in [2.24, 2.45) is 5.92 Å². The molecule has 2 N–H and O–H groups in total. The first kappa shape index (κ1) is 17.4. The molecule has 1 aliphatic heterocycles. The monoisotopic (exact) mass is 339 g/mol. The third kappa shape index (κ3) is 3.69. The van der Waals surface area contributed by atoms with Crippen molar-refractivity contribution in [2.75, 3.05) is 11.9 Å². The second kappa shape index (κ2) is 6.66. The molecule has 1 aromatic heterocycles. The quantitative estimate of drug-likeness (QED) is 0.851. The van der Waals surface area contributed by atoms with Crippen LogP contribution in [0, 0.1) is 5.92 Å². The minimum atomic E-state index is -1.14. The molecule has 126 valence electrons. The van der Waals surface area contributed by atoms with E-state index in [2.05, 4.69) is 10.3 Å². The molecule has 2 rings (SSSR count). The third-order valence-corrected chi connectivity index (χ3v) is 4.85. The minimum Gasteiger partial charge on any atom is -0.480 e. The number of nitrogens with one attached hydrogen (secondary N) is 1. The summed E-state index contributed by atoms with van der Waals surface area (Å²) in [5.41, 5.74) is -0.597. The molecule has 0 radical (unpaired) electrons. The molecule has 7 nitrogen and oxygen atoms in total. The maximum atomic E-state index is 12.4. The topological polar surface area (TPSA) is 99.6 Å². The number of hydrogen-bond acceptors (Lipinski definition) is 5. The number of hydrogen-bond donors (Lipinski definition) is 2. The van der Waals surface area contributed by atoms with Crippen LogP contribution in [-0.2, 0) is 20.8 Å². The standard InChI is InChI=1S/C15H21N3O4S/c1-9(2)12(20)17-14-16-10(8-23-14)7-11(19)18-6-4-5-15(18,3)13(21)22/h8-9H,4-7H2,1-3H3,(H,21,22)(H,16,17,20). The number of amides is 2. The number of nitrogens with zero attached hydrogens (tertiary/aromatic N) is 2. The fraction of sp³-hybridized carbons (Fsp3) is 0.600. The Balaban J connectivity index is 2.02. The fourth-order valence-electron chi connectivity index (χ4n) is 2.53. The first-order chi connectivity index (χ1) is 10.7. The van der Waals surface area contributed by atoms with Gasteiger partial charge in [0.1, 0.15) is 5.54 Å². The number of carbonyl (C=O) groups excluding carboxylic acids is 2. The fourth-order valence-corrected chi connectivity index (χ4v) is 3.24. The van der Waals surface area contributed by atoms with Crippen molar-refractivity contribution in [1.82, 2.24) is 9.88 Å². The summed E-state index contributed by atoms with van der Waals surface area (Å²) in [6.07, 6.45) is 1.18. The molecule has 1 fully saturated rings. The molecule has 0 aromatic carbocycles. The van der Waals surface area contributed by atoms with Crippen LogP contribution in [0.15, 0.2) is 5.38 Å². The molecule has 1 saturated heterocycles. The van der Waals surface area contributed by atoms with Crippen molar-refractivity contribution in [1.29, 1.82) is 0 Å². The molecule has 1 unspecified atom stereocenters. The van der Waals surface area contributed by atoms with Gasteiger partial charge >= 0.3 is 5.97 Å². The summed E-state index contributed by atoms with van der Waals surface area (Å²) >= 11 is 1.26. The van der Waals surface area contributed by atoms with Crippen molar-refractivity contribution < 1.29 is 19.5 Å². The zero-order valence-corrected chi connectivity index (χ0v) is 14.3. The van der Waals surface area contributed by atoms with E-state index in [0.717, 1.165) is 0 Å². The van der Waals surface area contributed by atoms with E-state index in [1.165, 1.54) is 16.2 Å². The lowest BCUT2D eigenvalue weighted by atomic mass is 9.99. The number of carboxylic acids is 1. The highest BCUT2D eigenvalue weighted by Gasteiger charge is 2.45. The van der Waals surface area contributed by atoms with Gasteiger partial charge in [-0.25, -0.2) is 9.78 Å². The molecule has 0 spiro atoms. The highest BCUT2D eigenvalue weighted by Crippen LogP contribution is 2.30. The number of anilines is 1. The number of carboxylic acid groups (broad SMARTS) is 1. The van der Waals surface area contributed by atoms with Crippen LogP contribution >= 0.6 is 11.3 Å².